The second kappa shape index (κ2) is 6.27. The van der Waals surface area contributed by atoms with Crippen molar-refractivity contribution in [3.63, 3.8) is 0 Å². The van der Waals surface area contributed by atoms with Gasteiger partial charge in [-0.15, -0.1) is 0 Å². The van der Waals surface area contributed by atoms with Crippen LogP contribution in [-0.4, -0.2) is 19.2 Å². The van der Waals surface area contributed by atoms with Crippen LogP contribution in [0, 0.1) is 5.92 Å². The van der Waals surface area contributed by atoms with Crippen LogP contribution in [0.25, 0.3) is 6.08 Å². The maximum Gasteiger partial charge on any atom is 0.243 e. The number of hydrogen-bond donors (Lipinski definition) is 1. The molecule has 102 valence electrons. The summed E-state index contributed by atoms with van der Waals surface area (Å²) in [5, 5.41) is 2.85. The lowest BCUT2D eigenvalue weighted by Crippen LogP contribution is -2.23. The maximum absolute atomic E-state index is 11.6. The summed E-state index contributed by atoms with van der Waals surface area (Å²) < 4.78 is 10.5. The minimum absolute atomic E-state index is 0.0710. The molecule has 0 aliphatic carbocycles. The highest BCUT2D eigenvalue weighted by atomic mass is 16.7. The summed E-state index contributed by atoms with van der Waals surface area (Å²) in [5.41, 5.74) is 0.920. The predicted molar refractivity (Wildman–Crippen MR) is 74.1 cm³/mol. The van der Waals surface area contributed by atoms with Crippen molar-refractivity contribution >= 4 is 12.0 Å². The zero-order valence-electron chi connectivity index (χ0n) is 11.3. The molecule has 19 heavy (non-hydrogen) atoms. The van der Waals surface area contributed by atoms with Crippen molar-refractivity contribution in [2.24, 2.45) is 5.92 Å². The third kappa shape index (κ3) is 4.02. The van der Waals surface area contributed by atoms with Crippen LogP contribution >= 0.6 is 0 Å². The number of ether oxygens (including phenoxy) is 2. The molecule has 1 heterocycles. The first-order valence-electron chi connectivity index (χ1n) is 6.50. The van der Waals surface area contributed by atoms with Crippen LogP contribution in [0.5, 0.6) is 11.5 Å². The number of rotatable bonds is 5. The molecular weight excluding hydrogens is 242 g/mol. The van der Waals surface area contributed by atoms with E-state index in [2.05, 4.69) is 19.2 Å². The van der Waals surface area contributed by atoms with E-state index in [4.69, 9.17) is 9.47 Å². The Hall–Kier alpha value is -1.97. The smallest absolute Gasteiger partial charge is 0.243 e. The van der Waals surface area contributed by atoms with Crippen LogP contribution in [0.4, 0.5) is 0 Å². The second-order valence-corrected chi connectivity index (χ2v) is 4.92. The molecule has 0 fully saturated rings. The number of nitrogens with one attached hydrogen (secondary N) is 1. The molecule has 2 rings (SSSR count). The number of hydrogen-bond acceptors (Lipinski definition) is 3. The largest absolute Gasteiger partial charge is 0.454 e. The van der Waals surface area contributed by atoms with Gasteiger partial charge in [-0.2, -0.15) is 0 Å². The summed E-state index contributed by atoms with van der Waals surface area (Å²) in [6.07, 6.45) is 4.30. The van der Waals surface area contributed by atoms with Crippen LogP contribution in [0.2, 0.25) is 0 Å². The SMILES string of the molecule is CC(C)CCNC(=O)C=Cc1ccc2c(c1)OCO2. The monoisotopic (exact) mass is 261 g/mol. The van der Waals surface area contributed by atoms with Crippen LogP contribution in [0.3, 0.4) is 0 Å². The fraction of sp³-hybridized carbons (Fsp3) is 0.400. The normalized spacial score (nSPS) is 13.2. The van der Waals surface area contributed by atoms with Crippen molar-refractivity contribution < 1.29 is 14.3 Å². The Bertz CT molecular complexity index is 480. The molecule has 0 aromatic heterocycles. The van der Waals surface area contributed by atoms with Gasteiger partial charge in [-0.3, -0.25) is 4.79 Å². The predicted octanol–water partition coefficient (Wildman–Crippen LogP) is 2.59. The first kappa shape index (κ1) is 13.5. The Morgan fingerprint density at radius 1 is 1.37 bits per heavy atom. The molecule has 0 unspecified atom stereocenters. The van der Waals surface area contributed by atoms with Gasteiger partial charge >= 0.3 is 0 Å². The van der Waals surface area contributed by atoms with Gasteiger partial charge in [0, 0.05) is 12.6 Å². The number of fused-ring (bicyclic) bond motifs is 1. The summed E-state index contributed by atoms with van der Waals surface area (Å²) >= 11 is 0. The van der Waals surface area contributed by atoms with Gasteiger partial charge in [0.25, 0.3) is 0 Å². The third-order valence-corrected chi connectivity index (χ3v) is 2.84. The topological polar surface area (TPSA) is 47.6 Å². The Morgan fingerprint density at radius 2 is 2.16 bits per heavy atom. The van der Waals surface area contributed by atoms with Crippen molar-refractivity contribution in [3.05, 3.63) is 29.8 Å². The molecule has 1 amide bonds. The molecule has 4 nitrogen and oxygen atoms in total. The van der Waals surface area contributed by atoms with Crippen LogP contribution in [0.1, 0.15) is 25.8 Å². The second-order valence-electron chi connectivity index (χ2n) is 4.92. The van der Waals surface area contributed by atoms with Crippen molar-refractivity contribution in [1.29, 1.82) is 0 Å². The molecule has 0 spiro atoms. The summed E-state index contributed by atoms with van der Waals surface area (Å²) in [4.78, 5) is 11.6. The lowest BCUT2D eigenvalue weighted by molar-refractivity contribution is -0.116. The summed E-state index contributed by atoms with van der Waals surface area (Å²) in [7, 11) is 0. The highest BCUT2D eigenvalue weighted by molar-refractivity contribution is 5.91. The van der Waals surface area contributed by atoms with Crippen LogP contribution in [0.15, 0.2) is 24.3 Å². The molecule has 0 radical (unpaired) electrons. The minimum Gasteiger partial charge on any atom is -0.454 e. The van der Waals surface area contributed by atoms with Gasteiger partial charge in [0.15, 0.2) is 11.5 Å². The Morgan fingerprint density at radius 3 is 2.95 bits per heavy atom. The van der Waals surface area contributed by atoms with Gasteiger partial charge < -0.3 is 14.8 Å². The molecule has 1 N–H and O–H groups in total. The zero-order valence-corrected chi connectivity index (χ0v) is 11.3. The van der Waals surface area contributed by atoms with E-state index in [1.54, 1.807) is 6.08 Å². The molecular formula is C15H19NO3. The van der Waals surface area contributed by atoms with Gasteiger partial charge in [-0.1, -0.05) is 19.9 Å². The van der Waals surface area contributed by atoms with Crippen molar-refractivity contribution in [2.45, 2.75) is 20.3 Å². The quantitative estimate of drug-likeness (QED) is 0.829. The average molecular weight is 261 g/mol. The summed E-state index contributed by atoms with van der Waals surface area (Å²) in [6, 6.07) is 5.60. The lowest BCUT2D eigenvalue weighted by atomic mass is 10.1. The van der Waals surface area contributed by atoms with Crippen molar-refractivity contribution in [1.82, 2.24) is 5.32 Å². The Labute approximate surface area is 113 Å². The van der Waals surface area contributed by atoms with Gasteiger partial charge in [0.1, 0.15) is 0 Å². The van der Waals surface area contributed by atoms with Gasteiger partial charge in [-0.25, -0.2) is 0 Å². The highest BCUT2D eigenvalue weighted by Crippen LogP contribution is 2.32. The lowest BCUT2D eigenvalue weighted by Gasteiger charge is -2.04. The van der Waals surface area contributed by atoms with E-state index in [1.165, 1.54) is 6.08 Å². The molecule has 0 atom stereocenters. The number of amides is 1. The van der Waals surface area contributed by atoms with Gasteiger partial charge in [0.2, 0.25) is 12.7 Å². The van der Waals surface area contributed by atoms with E-state index >= 15 is 0 Å². The van der Waals surface area contributed by atoms with E-state index < -0.39 is 0 Å². The summed E-state index contributed by atoms with van der Waals surface area (Å²) in [5.74, 6) is 2.00. The molecule has 0 saturated heterocycles. The van der Waals surface area contributed by atoms with Gasteiger partial charge in [-0.05, 0) is 36.1 Å². The number of carbonyl (C=O) groups is 1. The molecule has 1 aliphatic heterocycles. The number of carbonyl (C=O) groups excluding carboxylic acids is 1. The molecule has 1 aliphatic rings. The van der Waals surface area contributed by atoms with E-state index in [0.717, 1.165) is 23.5 Å². The highest BCUT2D eigenvalue weighted by Gasteiger charge is 2.12. The standard InChI is InChI=1S/C15H19NO3/c1-11(2)7-8-16-15(17)6-4-12-3-5-13-14(9-12)19-10-18-13/h3-6,9,11H,7-8,10H2,1-2H3,(H,16,17). The fourth-order valence-electron chi connectivity index (χ4n) is 1.73. The molecule has 4 heteroatoms. The van der Waals surface area contributed by atoms with Crippen LogP contribution < -0.4 is 14.8 Å². The van der Waals surface area contributed by atoms with Crippen molar-refractivity contribution in [2.75, 3.05) is 13.3 Å². The fourth-order valence-corrected chi connectivity index (χ4v) is 1.73. The maximum atomic E-state index is 11.6. The van der Waals surface area contributed by atoms with Gasteiger partial charge in [0.05, 0.1) is 0 Å². The first-order chi connectivity index (χ1) is 9.15. The number of benzene rings is 1. The molecule has 0 bridgehead atoms. The van der Waals surface area contributed by atoms with E-state index in [9.17, 15) is 4.79 Å². The molecule has 1 aromatic carbocycles. The third-order valence-electron chi connectivity index (χ3n) is 2.84. The van der Waals surface area contributed by atoms with Crippen molar-refractivity contribution in [3.8, 4) is 11.5 Å². The molecule has 0 saturated carbocycles. The molecule has 1 aromatic rings. The van der Waals surface area contributed by atoms with Crippen LogP contribution in [-0.2, 0) is 4.79 Å². The Kier molecular flexibility index (Phi) is 4.44. The minimum atomic E-state index is -0.0710. The van der Waals surface area contributed by atoms with E-state index in [1.807, 2.05) is 18.2 Å². The summed E-state index contributed by atoms with van der Waals surface area (Å²) in [6.45, 7) is 5.24. The first-order valence-corrected chi connectivity index (χ1v) is 6.50. The zero-order chi connectivity index (χ0) is 13.7. The average Bonchev–Trinajstić information content (AvgIpc) is 2.83. The Balaban J connectivity index is 1.86. The van der Waals surface area contributed by atoms with E-state index in [0.29, 0.717) is 12.5 Å². The van der Waals surface area contributed by atoms with E-state index in [-0.39, 0.29) is 12.7 Å².